The van der Waals surface area contributed by atoms with Crippen molar-refractivity contribution in [1.82, 2.24) is 5.16 Å². The van der Waals surface area contributed by atoms with Crippen molar-refractivity contribution in [2.24, 2.45) is 0 Å². The molecule has 6 heteroatoms. The number of likely N-dealkylation sites (N-methyl/N-ethyl adjacent to an activating group) is 1. The van der Waals surface area contributed by atoms with Gasteiger partial charge in [-0.15, -0.1) is 0 Å². The quantitative estimate of drug-likeness (QED) is 0.784. The number of hydrogen-bond acceptors (Lipinski definition) is 4. The Bertz CT molecular complexity index is 979. The molecule has 1 N–H and O–H groups in total. The van der Waals surface area contributed by atoms with Crippen molar-refractivity contribution in [1.29, 1.82) is 0 Å². The molecule has 1 aromatic heterocycles. The van der Waals surface area contributed by atoms with Gasteiger partial charge < -0.3 is 14.7 Å². The standard InChI is InChI=1S/C20H17N3O3/c1-2-23-17-9-8-15(10-14(17)11-19(23)24)21-20(25)16-12-18(26-22-16)13-6-4-3-5-7-13/h3-10,12H,2,11H2,1H3,(H,21,25). The molecule has 0 spiro atoms. The summed E-state index contributed by atoms with van der Waals surface area (Å²) in [5.41, 5.74) is 3.51. The third kappa shape index (κ3) is 2.86. The van der Waals surface area contributed by atoms with Crippen molar-refractivity contribution in [3.05, 3.63) is 65.9 Å². The van der Waals surface area contributed by atoms with Crippen LogP contribution in [0.4, 0.5) is 11.4 Å². The lowest BCUT2D eigenvalue weighted by molar-refractivity contribution is -0.117. The van der Waals surface area contributed by atoms with Crippen LogP contribution >= 0.6 is 0 Å². The molecule has 0 atom stereocenters. The van der Waals surface area contributed by atoms with Gasteiger partial charge in [-0.05, 0) is 30.7 Å². The van der Waals surface area contributed by atoms with Gasteiger partial charge in [0.05, 0.1) is 6.42 Å². The number of carbonyl (C=O) groups is 2. The molecule has 0 aliphatic carbocycles. The number of rotatable bonds is 4. The predicted molar refractivity (Wildman–Crippen MR) is 98.1 cm³/mol. The summed E-state index contributed by atoms with van der Waals surface area (Å²) in [4.78, 5) is 26.1. The Morgan fingerprint density at radius 2 is 2.00 bits per heavy atom. The molecule has 2 aromatic carbocycles. The number of nitrogens with zero attached hydrogens (tertiary/aromatic N) is 2. The molecule has 1 aliphatic heterocycles. The lowest BCUT2D eigenvalue weighted by Crippen LogP contribution is -2.25. The van der Waals surface area contributed by atoms with Crippen LogP contribution in [0.5, 0.6) is 0 Å². The minimum absolute atomic E-state index is 0.0787. The van der Waals surface area contributed by atoms with E-state index in [1.165, 1.54) is 0 Å². The highest BCUT2D eigenvalue weighted by Crippen LogP contribution is 2.31. The summed E-state index contributed by atoms with van der Waals surface area (Å²) >= 11 is 0. The van der Waals surface area contributed by atoms with Gasteiger partial charge in [-0.25, -0.2) is 0 Å². The first-order valence-corrected chi connectivity index (χ1v) is 8.42. The second-order valence-corrected chi connectivity index (χ2v) is 6.05. The van der Waals surface area contributed by atoms with Crippen LogP contribution in [0.1, 0.15) is 23.0 Å². The summed E-state index contributed by atoms with van der Waals surface area (Å²) in [7, 11) is 0. The van der Waals surface area contributed by atoms with Crippen LogP contribution in [-0.2, 0) is 11.2 Å². The zero-order valence-electron chi connectivity index (χ0n) is 14.2. The van der Waals surface area contributed by atoms with Gasteiger partial charge in [-0.1, -0.05) is 35.5 Å². The lowest BCUT2D eigenvalue weighted by Gasteiger charge is -2.14. The highest BCUT2D eigenvalue weighted by Gasteiger charge is 2.26. The molecule has 2 heterocycles. The Morgan fingerprint density at radius 3 is 2.77 bits per heavy atom. The minimum Gasteiger partial charge on any atom is -0.355 e. The van der Waals surface area contributed by atoms with Gasteiger partial charge in [0, 0.05) is 29.5 Å². The molecule has 0 fully saturated rings. The zero-order chi connectivity index (χ0) is 18.1. The fourth-order valence-corrected chi connectivity index (χ4v) is 3.12. The van der Waals surface area contributed by atoms with Crippen molar-refractivity contribution in [3.63, 3.8) is 0 Å². The van der Waals surface area contributed by atoms with Crippen molar-refractivity contribution in [3.8, 4) is 11.3 Å². The average Bonchev–Trinajstić information content (AvgIpc) is 3.26. The second-order valence-electron chi connectivity index (χ2n) is 6.05. The second kappa shape index (κ2) is 6.48. The molecular weight excluding hydrogens is 330 g/mol. The maximum atomic E-state index is 12.4. The average molecular weight is 347 g/mol. The van der Waals surface area contributed by atoms with E-state index in [0.29, 0.717) is 24.4 Å². The topological polar surface area (TPSA) is 75.4 Å². The highest BCUT2D eigenvalue weighted by molar-refractivity contribution is 6.05. The van der Waals surface area contributed by atoms with Crippen LogP contribution in [0.2, 0.25) is 0 Å². The van der Waals surface area contributed by atoms with Crippen LogP contribution in [0.25, 0.3) is 11.3 Å². The fraction of sp³-hybridized carbons (Fsp3) is 0.150. The van der Waals surface area contributed by atoms with Crippen molar-refractivity contribution >= 4 is 23.2 Å². The van der Waals surface area contributed by atoms with E-state index in [1.54, 1.807) is 17.0 Å². The molecule has 26 heavy (non-hydrogen) atoms. The zero-order valence-corrected chi connectivity index (χ0v) is 14.2. The number of amides is 2. The van der Waals surface area contributed by atoms with E-state index in [-0.39, 0.29) is 17.5 Å². The van der Waals surface area contributed by atoms with E-state index in [0.717, 1.165) is 16.8 Å². The Labute approximate surface area is 150 Å². The van der Waals surface area contributed by atoms with Gasteiger partial charge in [0.15, 0.2) is 11.5 Å². The summed E-state index contributed by atoms with van der Waals surface area (Å²) in [5, 5.41) is 6.66. The van der Waals surface area contributed by atoms with Crippen LogP contribution in [0.3, 0.4) is 0 Å². The number of fused-ring (bicyclic) bond motifs is 1. The molecule has 130 valence electrons. The number of aromatic nitrogens is 1. The van der Waals surface area contributed by atoms with Crippen LogP contribution in [0, 0.1) is 0 Å². The first-order valence-electron chi connectivity index (χ1n) is 8.42. The van der Waals surface area contributed by atoms with E-state index in [9.17, 15) is 9.59 Å². The number of benzene rings is 2. The SMILES string of the molecule is CCN1C(=O)Cc2cc(NC(=O)c3cc(-c4ccccc4)on3)ccc21. The van der Waals surface area contributed by atoms with E-state index >= 15 is 0 Å². The third-order valence-electron chi connectivity index (χ3n) is 4.39. The fourth-order valence-electron chi connectivity index (χ4n) is 3.12. The van der Waals surface area contributed by atoms with Gasteiger partial charge >= 0.3 is 0 Å². The lowest BCUT2D eigenvalue weighted by atomic mass is 10.1. The van der Waals surface area contributed by atoms with Crippen molar-refractivity contribution in [2.75, 3.05) is 16.8 Å². The van der Waals surface area contributed by atoms with E-state index in [1.807, 2.05) is 49.4 Å². The van der Waals surface area contributed by atoms with Crippen molar-refractivity contribution in [2.45, 2.75) is 13.3 Å². The normalized spacial score (nSPS) is 13.0. The molecule has 0 saturated heterocycles. The molecule has 0 unspecified atom stereocenters. The first kappa shape index (κ1) is 16.1. The number of carbonyl (C=O) groups excluding carboxylic acids is 2. The molecule has 1 aliphatic rings. The Morgan fingerprint density at radius 1 is 1.19 bits per heavy atom. The highest BCUT2D eigenvalue weighted by atomic mass is 16.5. The van der Waals surface area contributed by atoms with Gasteiger partial charge in [0.25, 0.3) is 5.91 Å². The van der Waals surface area contributed by atoms with E-state index in [4.69, 9.17) is 4.52 Å². The van der Waals surface area contributed by atoms with Gasteiger partial charge in [0.1, 0.15) is 0 Å². The number of anilines is 2. The Hall–Kier alpha value is -3.41. The monoisotopic (exact) mass is 347 g/mol. The largest absolute Gasteiger partial charge is 0.355 e. The summed E-state index contributed by atoms with van der Waals surface area (Å²) in [5.74, 6) is 0.261. The third-order valence-corrected chi connectivity index (χ3v) is 4.39. The maximum absolute atomic E-state index is 12.4. The van der Waals surface area contributed by atoms with E-state index in [2.05, 4.69) is 10.5 Å². The molecule has 0 bridgehead atoms. The molecular formula is C20H17N3O3. The van der Waals surface area contributed by atoms with Gasteiger partial charge in [-0.2, -0.15) is 0 Å². The molecule has 0 saturated carbocycles. The van der Waals surface area contributed by atoms with Crippen molar-refractivity contribution < 1.29 is 14.1 Å². The van der Waals surface area contributed by atoms with E-state index < -0.39 is 0 Å². The summed E-state index contributed by atoms with van der Waals surface area (Å²) in [6.45, 7) is 2.58. The Balaban J connectivity index is 1.52. The number of hydrogen-bond donors (Lipinski definition) is 1. The first-order chi connectivity index (χ1) is 12.7. The molecule has 0 radical (unpaired) electrons. The number of nitrogens with one attached hydrogen (secondary N) is 1. The Kier molecular flexibility index (Phi) is 4.01. The molecule has 4 rings (SSSR count). The predicted octanol–water partition coefficient (Wildman–Crippen LogP) is 3.50. The van der Waals surface area contributed by atoms with Crippen LogP contribution in [-0.4, -0.2) is 23.5 Å². The van der Waals surface area contributed by atoms with Gasteiger partial charge in [-0.3, -0.25) is 9.59 Å². The maximum Gasteiger partial charge on any atom is 0.277 e. The molecule has 6 nitrogen and oxygen atoms in total. The minimum atomic E-state index is -0.354. The smallest absolute Gasteiger partial charge is 0.277 e. The molecule has 2 amide bonds. The summed E-state index contributed by atoms with van der Waals surface area (Å²) < 4.78 is 5.26. The summed E-state index contributed by atoms with van der Waals surface area (Å²) in [6.07, 6.45) is 0.356. The van der Waals surface area contributed by atoms with Gasteiger partial charge in [0.2, 0.25) is 5.91 Å². The van der Waals surface area contributed by atoms with Crippen LogP contribution in [0.15, 0.2) is 59.1 Å². The van der Waals surface area contributed by atoms with Crippen LogP contribution < -0.4 is 10.2 Å². The molecule has 3 aromatic rings. The summed E-state index contributed by atoms with van der Waals surface area (Å²) in [6, 6.07) is 16.6.